The predicted octanol–water partition coefficient (Wildman–Crippen LogP) is 5.89. The summed E-state index contributed by atoms with van der Waals surface area (Å²) in [6.45, 7) is 14.3. The Kier molecular flexibility index (Phi) is 6.17. The van der Waals surface area contributed by atoms with Crippen molar-refractivity contribution in [2.75, 3.05) is 0 Å². The Morgan fingerprint density at radius 2 is 1.85 bits per heavy atom. The molecule has 0 aliphatic rings. The molecule has 1 heterocycles. The molecule has 0 unspecified atom stereocenters. The molecule has 20 heavy (non-hydrogen) atoms. The van der Waals surface area contributed by atoms with Crippen LogP contribution in [0, 0.1) is 6.92 Å². The van der Waals surface area contributed by atoms with E-state index < -0.39 is 0 Å². The minimum Gasteiger partial charge on any atom is -0.256 e. The number of aromatic nitrogens is 1. The normalized spacial score (nSPS) is 10.7. The van der Waals surface area contributed by atoms with Crippen LogP contribution in [0.3, 0.4) is 0 Å². The lowest BCUT2D eigenvalue weighted by Gasteiger charge is -2.13. The van der Waals surface area contributed by atoms with Gasteiger partial charge in [-0.05, 0) is 41.7 Å². The molecule has 1 aromatic heterocycles. The standard InChI is InChI=1S/C17H19N.C2H6/c1-5-6-7-15-13(4)8-9-16-17(15)14(12(2)3)10-11-18-16;1-2/h5-12H,1H2,2-4H3;1-2H3/b7-6-;. The van der Waals surface area contributed by atoms with E-state index >= 15 is 0 Å². The fourth-order valence-corrected chi connectivity index (χ4v) is 2.26. The Labute approximate surface area is 123 Å². The van der Waals surface area contributed by atoms with Crippen LogP contribution in [-0.4, -0.2) is 4.98 Å². The van der Waals surface area contributed by atoms with Crippen molar-refractivity contribution in [1.29, 1.82) is 0 Å². The van der Waals surface area contributed by atoms with Crippen LogP contribution in [-0.2, 0) is 0 Å². The van der Waals surface area contributed by atoms with Gasteiger partial charge in [-0.2, -0.15) is 0 Å². The van der Waals surface area contributed by atoms with Crippen molar-refractivity contribution < 1.29 is 0 Å². The van der Waals surface area contributed by atoms with Crippen molar-refractivity contribution in [3.8, 4) is 0 Å². The molecule has 1 nitrogen and oxygen atoms in total. The van der Waals surface area contributed by atoms with Crippen LogP contribution in [0.4, 0.5) is 0 Å². The third-order valence-corrected chi connectivity index (χ3v) is 3.22. The van der Waals surface area contributed by atoms with Crippen molar-refractivity contribution in [2.24, 2.45) is 0 Å². The molecule has 0 N–H and O–H groups in total. The van der Waals surface area contributed by atoms with E-state index in [-0.39, 0.29) is 0 Å². The van der Waals surface area contributed by atoms with Gasteiger partial charge in [0, 0.05) is 11.6 Å². The fraction of sp³-hybridized carbons (Fsp3) is 0.316. The number of fused-ring (bicyclic) bond motifs is 1. The summed E-state index contributed by atoms with van der Waals surface area (Å²) in [6, 6.07) is 6.35. The molecule has 2 rings (SSSR count). The van der Waals surface area contributed by atoms with Gasteiger partial charge >= 0.3 is 0 Å². The Balaban J connectivity index is 0.000000956. The first-order valence-electron chi connectivity index (χ1n) is 7.32. The molecular weight excluding hydrogens is 242 g/mol. The molecule has 0 spiro atoms. The van der Waals surface area contributed by atoms with Gasteiger partial charge in [-0.15, -0.1) is 0 Å². The lowest BCUT2D eigenvalue weighted by Crippen LogP contribution is -1.95. The van der Waals surface area contributed by atoms with E-state index in [9.17, 15) is 0 Å². The van der Waals surface area contributed by atoms with Gasteiger partial charge < -0.3 is 0 Å². The van der Waals surface area contributed by atoms with Gasteiger partial charge in [0.25, 0.3) is 0 Å². The molecule has 2 aromatic rings. The highest BCUT2D eigenvalue weighted by Gasteiger charge is 2.10. The van der Waals surface area contributed by atoms with E-state index in [2.05, 4.69) is 56.6 Å². The second-order valence-corrected chi connectivity index (χ2v) is 4.84. The van der Waals surface area contributed by atoms with Crippen molar-refractivity contribution in [1.82, 2.24) is 4.98 Å². The van der Waals surface area contributed by atoms with Crippen LogP contribution in [0.25, 0.3) is 17.0 Å². The van der Waals surface area contributed by atoms with Crippen LogP contribution in [0.5, 0.6) is 0 Å². The topological polar surface area (TPSA) is 12.9 Å². The maximum Gasteiger partial charge on any atom is 0.0711 e. The summed E-state index contributed by atoms with van der Waals surface area (Å²) in [6.07, 6.45) is 7.81. The van der Waals surface area contributed by atoms with Crippen LogP contribution < -0.4 is 0 Å². The van der Waals surface area contributed by atoms with Crippen molar-refractivity contribution in [3.05, 3.63) is 59.8 Å². The molecule has 0 aliphatic heterocycles. The van der Waals surface area contributed by atoms with Gasteiger partial charge in [-0.1, -0.05) is 58.6 Å². The zero-order valence-corrected chi connectivity index (χ0v) is 13.3. The number of hydrogen-bond acceptors (Lipinski definition) is 1. The molecule has 0 saturated carbocycles. The summed E-state index contributed by atoms with van der Waals surface area (Å²) >= 11 is 0. The third-order valence-electron chi connectivity index (χ3n) is 3.22. The molecule has 0 amide bonds. The SMILES string of the molecule is C=C/C=C\c1c(C)ccc2nccc(C(C)C)c12.CC. The van der Waals surface area contributed by atoms with E-state index in [0.29, 0.717) is 5.92 Å². The zero-order chi connectivity index (χ0) is 15.1. The second kappa shape index (κ2) is 7.64. The highest BCUT2D eigenvalue weighted by atomic mass is 14.6. The number of hydrogen-bond donors (Lipinski definition) is 0. The minimum atomic E-state index is 0.494. The van der Waals surface area contributed by atoms with Crippen LogP contribution in [0.2, 0.25) is 0 Å². The first kappa shape index (κ1) is 16.2. The second-order valence-electron chi connectivity index (χ2n) is 4.84. The lowest BCUT2D eigenvalue weighted by atomic mass is 9.93. The predicted molar refractivity (Wildman–Crippen MR) is 91.1 cm³/mol. The summed E-state index contributed by atoms with van der Waals surface area (Å²) in [7, 11) is 0. The molecule has 0 fully saturated rings. The monoisotopic (exact) mass is 267 g/mol. The van der Waals surface area contributed by atoms with Crippen molar-refractivity contribution in [2.45, 2.75) is 40.5 Å². The van der Waals surface area contributed by atoms with Gasteiger partial charge in [-0.25, -0.2) is 0 Å². The third kappa shape index (κ3) is 3.36. The van der Waals surface area contributed by atoms with Crippen molar-refractivity contribution >= 4 is 17.0 Å². The largest absolute Gasteiger partial charge is 0.256 e. The van der Waals surface area contributed by atoms with Crippen LogP contribution >= 0.6 is 0 Å². The van der Waals surface area contributed by atoms with Crippen LogP contribution in [0.1, 0.15) is 50.3 Å². The average Bonchev–Trinajstić information content (AvgIpc) is 2.47. The fourth-order valence-electron chi connectivity index (χ4n) is 2.26. The van der Waals surface area contributed by atoms with Gasteiger partial charge in [-0.3, -0.25) is 4.98 Å². The molecule has 106 valence electrons. The van der Waals surface area contributed by atoms with Gasteiger partial charge in [0.2, 0.25) is 0 Å². The Morgan fingerprint density at radius 1 is 1.15 bits per heavy atom. The maximum atomic E-state index is 4.47. The molecule has 1 heteroatoms. The number of rotatable bonds is 3. The molecule has 0 aliphatic carbocycles. The average molecular weight is 267 g/mol. The van der Waals surface area contributed by atoms with Gasteiger partial charge in [0.1, 0.15) is 0 Å². The summed E-state index contributed by atoms with van der Waals surface area (Å²) in [5.74, 6) is 0.494. The quantitative estimate of drug-likeness (QED) is 0.632. The minimum absolute atomic E-state index is 0.494. The zero-order valence-electron chi connectivity index (χ0n) is 13.3. The molecule has 1 aromatic carbocycles. The number of allylic oxidation sites excluding steroid dienone is 2. The molecule has 0 bridgehead atoms. The van der Waals surface area contributed by atoms with Crippen LogP contribution in [0.15, 0.2) is 43.1 Å². The van der Waals surface area contributed by atoms with E-state index in [0.717, 1.165) is 5.52 Å². The number of nitrogens with zero attached hydrogens (tertiary/aromatic N) is 1. The summed E-state index contributed by atoms with van der Waals surface area (Å²) < 4.78 is 0. The highest BCUT2D eigenvalue weighted by molar-refractivity contribution is 5.92. The molecule has 0 atom stereocenters. The summed E-state index contributed by atoms with van der Waals surface area (Å²) in [5, 5.41) is 1.27. The van der Waals surface area contributed by atoms with Gasteiger partial charge in [0.15, 0.2) is 0 Å². The Morgan fingerprint density at radius 3 is 2.45 bits per heavy atom. The van der Waals surface area contributed by atoms with E-state index in [1.54, 1.807) is 0 Å². The first-order valence-corrected chi connectivity index (χ1v) is 7.32. The van der Waals surface area contributed by atoms with Gasteiger partial charge in [0.05, 0.1) is 5.52 Å². The summed E-state index contributed by atoms with van der Waals surface area (Å²) in [4.78, 5) is 4.47. The number of pyridine rings is 1. The number of benzene rings is 1. The molecule has 0 radical (unpaired) electrons. The maximum absolute atomic E-state index is 4.47. The Hall–Kier alpha value is -1.89. The Bertz CT molecular complexity index is 606. The van der Waals surface area contributed by atoms with E-state index in [1.807, 2.05) is 32.2 Å². The smallest absolute Gasteiger partial charge is 0.0711 e. The highest BCUT2D eigenvalue weighted by Crippen LogP contribution is 2.29. The molecular formula is C19H25N. The summed E-state index contributed by atoms with van der Waals surface area (Å²) in [5.41, 5.74) is 4.95. The van der Waals surface area contributed by atoms with E-state index in [4.69, 9.17) is 0 Å². The molecule has 0 saturated heterocycles. The number of aryl methyl sites for hydroxylation is 1. The lowest BCUT2D eigenvalue weighted by molar-refractivity contribution is 0.874. The van der Waals surface area contributed by atoms with Crippen molar-refractivity contribution in [3.63, 3.8) is 0 Å². The van der Waals surface area contributed by atoms with E-state index in [1.165, 1.54) is 22.1 Å². The first-order chi connectivity index (χ1) is 9.65.